The summed E-state index contributed by atoms with van der Waals surface area (Å²) in [5.41, 5.74) is 0.960. The normalized spacial score (nSPS) is 18.4. The highest BCUT2D eigenvalue weighted by Gasteiger charge is 2.31. The zero-order valence-corrected chi connectivity index (χ0v) is 18.2. The molecular formula is C23H21ClFN5O3. The molecule has 0 aliphatic carbocycles. The molecule has 0 amide bonds. The molecule has 10 heteroatoms. The molecule has 1 aromatic carbocycles. The van der Waals surface area contributed by atoms with Gasteiger partial charge in [0.1, 0.15) is 5.82 Å². The molecule has 4 aromatic rings. The van der Waals surface area contributed by atoms with Crippen LogP contribution >= 0.6 is 11.6 Å². The van der Waals surface area contributed by atoms with Gasteiger partial charge in [0.15, 0.2) is 5.82 Å². The number of rotatable bonds is 5. The number of hydrogen-bond acceptors (Lipinski definition) is 6. The van der Waals surface area contributed by atoms with Gasteiger partial charge in [0.25, 0.3) is 5.56 Å². The molecule has 2 atom stereocenters. The molecule has 8 nitrogen and oxygen atoms in total. The first-order chi connectivity index (χ1) is 15.9. The van der Waals surface area contributed by atoms with E-state index in [2.05, 4.69) is 10.1 Å². The molecule has 0 spiro atoms. The fraction of sp³-hybridized carbons (Fsp3) is 0.261. The van der Waals surface area contributed by atoms with Crippen LogP contribution in [-0.2, 0) is 6.54 Å². The van der Waals surface area contributed by atoms with Crippen LogP contribution in [0.5, 0.6) is 0 Å². The molecule has 2 N–H and O–H groups in total. The Bertz CT molecular complexity index is 1390. The molecule has 1 fully saturated rings. The molecule has 4 heterocycles. The lowest BCUT2D eigenvalue weighted by Gasteiger charge is -2.24. The molecule has 33 heavy (non-hydrogen) atoms. The van der Waals surface area contributed by atoms with Crippen molar-refractivity contribution in [2.75, 3.05) is 18.1 Å². The first kappa shape index (κ1) is 21.6. The summed E-state index contributed by atoms with van der Waals surface area (Å²) in [4.78, 5) is 19.1. The summed E-state index contributed by atoms with van der Waals surface area (Å²) in [6.07, 6.45) is 3.92. The minimum absolute atomic E-state index is 0.0313. The summed E-state index contributed by atoms with van der Waals surface area (Å²) in [6.45, 7) is 0.495. The van der Waals surface area contributed by atoms with Crippen LogP contribution in [0, 0.1) is 5.82 Å². The van der Waals surface area contributed by atoms with Crippen LogP contribution in [0.4, 0.5) is 10.2 Å². The van der Waals surface area contributed by atoms with E-state index in [0.29, 0.717) is 34.7 Å². The van der Waals surface area contributed by atoms with E-state index in [-0.39, 0.29) is 24.9 Å². The van der Waals surface area contributed by atoms with Crippen LogP contribution in [0.1, 0.15) is 12.0 Å². The average molecular weight is 470 g/mol. The first-order valence-electron chi connectivity index (χ1n) is 10.5. The van der Waals surface area contributed by atoms with Crippen molar-refractivity contribution in [3.63, 3.8) is 0 Å². The van der Waals surface area contributed by atoms with Crippen molar-refractivity contribution < 1.29 is 14.6 Å². The van der Waals surface area contributed by atoms with Crippen LogP contribution < -0.4 is 10.5 Å². The van der Waals surface area contributed by atoms with Crippen LogP contribution in [0.2, 0.25) is 5.02 Å². The van der Waals surface area contributed by atoms with Gasteiger partial charge in [-0.15, -0.1) is 0 Å². The summed E-state index contributed by atoms with van der Waals surface area (Å²) in [5.74, 6) is -0.285. The fourth-order valence-corrected chi connectivity index (χ4v) is 4.44. The average Bonchev–Trinajstić information content (AvgIpc) is 3.39. The van der Waals surface area contributed by atoms with Gasteiger partial charge in [-0.1, -0.05) is 29.8 Å². The summed E-state index contributed by atoms with van der Waals surface area (Å²) in [7, 11) is 0. The SMILES string of the molecule is O=c1c2cn(Cc3ccccc3Cl)nc2ccn1-c1cc(N2C[C@@H](O)C[C@H]2CO)ncc1F. The number of aliphatic hydroxyl groups excluding tert-OH is 2. The minimum Gasteiger partial charge on any atom is -0.394 e. The van der Waals surface area contributed by atoms with Gasteiger partial charge in [-0.2, -0.15) is 5.10 Å². The summed E-state index contributed by atoms with van der Waals surface area (Å²) in [5, 5.41) is 25.0. The van der Waals surface area contributed by atoms with E-state index in [1.54, 1.807) is 27.9 Å². The Morgan fingerprint density at radius 1 is 1.24 bits per heavy atom. The van der Waals surface area contributed by atoms with Crippen molar-refractivity contribution >= 4 is 28.3 Å². The second-order valence-corrected chi connectivity index (χ2v) is 8.49. The van der Waals surface area contributed by atoms with Gasteiger partial charge in [-0.05, 0) is 24.1 Å². The van der Waals surface area contributed by atoms with E-state index in [1.165, 1.54) is 16.8 Å². The number of β-amino-alcohol motifs (C(OH)–C–C–N with tert-alkyl or cyclic N) is 1. The predicted molar refractivity (Wildman–Crippen MR) is 122 cm³/mol. The smallest absolute Gasteiger partial charge is 0.266 e. The Morgan fingerprint density at radius 3 is 2.85 bits per heavy atom. The van der Waals surface area contributed by atoms with E-state index in [4.69, 9.17) is 11.6 Å². The van der Waals surface area contributed by atoms with Gasteiger partial charge in [0.05, 0.1) is 48.1 Å². The number of fused-ring (bicyclic) bond motifs is 1. The lowest BCUT2D eigenvalue weighted by atomic mass is 10.2. The Balaban J connectivity index is 1.53. The number of nitrogens with zero attached hydrogens (tertiary/aromatic N) is 5. The number of aromatic nitrogens is 4. The van der Waals surface area contributed by atoms with Crippen molar-refractivity contribution in [2.24, 2.45) is 0 Å². The number of anilines is 1. The predicted octanol–water partition coefficient (Wildman–Crippen LogP) is 2.35. The van der Waals surface area contributed by atoms with E-state index in [9.17, 15) is 19.4 Å². The minimum atomic E-state index is -0.663. The Hall–Kier alpha value is -3.27. The highest BCUT2D eigenvalue weighted by atomic mass is 35.5. The third-order valence-corrected chi connectivity index (χ3v) is 6.26. The number of aliphatic hydroxyl groups is 2. The van der Waals surface area contributed by atoms with E-state index in [0.717, 1.165) is 11.8 Å². The Kier molecular flexibility index (Phi) is 5.61. The first-order valence-corrected chi connectivity index (χ1v) is 10.9. The van der Waals surface area contributed by atoms with Gasteiger partial charge in [0.2, 0.25) is 0 Å². The molecule has 5 rings (SSSR count). The summed E-state index contributed by atoms with van der Waals surface area (Å²) < 4.78 is 17.6. The van der Waals surface area contributed by atoms with Gasteiger partial charge < -0.3 is 15.1 Å². The van der Waals surface area contributed by atoms with Crippen molar-refractivity contribution in [3.05, 3.63) is 81.7 Å². The standard InChI is InChI=1S/C23H21ClFN5O3/c24-18-4-2-1-3-14(18)10-28-12-17-20(27-28)5-6-29(23(17)33)21-8-22(26-9-19(21)25)30-11-16(32)7-15(30)13-31/h1-6,8-9,12,15-16,31-32H,7,10-11,13H2/t15-,16-/m0/s1. The lowest BCUT2D eigenvalue weighted by Crippen LogP contribution is -2.33. The molecule has 0 radical (unpaired) electrons. The molecule has 0 bridgehead atoms. The molecule has 1 saturated heterocycles. The number of pyridine rings is 2. The molecule has 170 valence electrons. The van der Waals surface area contributed by atoms with Crippen molar-refractivity contribution in [3.8, 4) is 5.69 Å². The van der Waals surface area contributed by atoms with Crippen molar-refractivity contribution in [1.82, 2.24) is 19.3 Å². The zero-order valence-electron chi connectivity index (χ0n) is 17.5. The highest BCUT2D eigenvalue weighted by molar-refractivity contribution is 6.31. The Morgan fingerprint density at radius 2 is 2.06 bits per heavy atom. The molecule has 1 aliphatic rings. The monoisotopic (exact) mass is 469 g/mol. The third kappa shape index (κ3) is 3.99. The van der Waals surface area contributed by atoms with E-state index in [1.807, 2.05) is 18.2 Å². The quantitative estimate of drug-likeness (QED) is 0.466. The highest BCUT2D eigenvalue weighted by Crippen LogP contribution is 2.26. The molecule has 0 unspecified atom stereocenters. The maximum absolute atomic E-state index is 14.7. The number of hydrogen-bond donors (Lipinski definition) is 2. The molecule has 0 saturated carbocycles. The molecular weight excluding hydrogens is 449 g/mol. The molecule has 3 aromatic heterocycles. The largest absolute Gasteiger partial charge is 0.394 e. The van der Waals surface area contributed by atoms with Crippen LogP contribution in [0.25, 0.3) is 16.6 Å². The second-order valence-electron chi connectivity index (χ2n) is 8.08. The fourth-order valence-electron chi connectivity index (χ4n) is 4.24. The number of benzene rings is 1. The lowest BCUT2D eigenvalue weighted by molar-refractivity contribution is 0.184. The van der Waals surface area contributed by atoms with Gasteiger partial charge in [0, 0.05) is 30.0 Å². The number of halogens is 2. The summed E-state index contributed by atoms with van der Waals surface area (Å²) >= 11 is 6.24. The van der Waals surface area contributed by atoms with Crippen molar-refractivity contribution in [1.29, 1.82) is 0 Å². The van der Waals surface area contributed by atoms with Crippen LogP contribution in [0.3, 0.4) is 0 Å². The topological polar surface area (TPSA) is 96.4 Å². The maximum atomic E-state index is 14.7. The molecule has 1 aliphatic heterocycles. The Labute approximate surface area is 193 Å². The van der Waals surface area contributed by atoms with Gasteiger partial charge in [-0.25, -0.2) is 9.37 Å². The van der Waals surface area contributed by atoms with Crippen molar-refractivity contribution in [2.45, 2.75) is 25.1 Å². The van der Waals surface area contributed by atoms with E-state index < -0.39 is 17.5 Å². The third-order valence-electron chi connectivity index (χ3n) is 5.89. The van der Waals surface area contributed by atoms with Crippen LogP contribution in [-0.4, -0.2) is 54.8 Å². The zero-order chi connectivity index (χ0) is 23.1. The maximum Gasteiger partial charge on any atom is 0.266 e. The van der Waals surface area contributed by atoms with Gasteiger partial charge >= 0.3 is 0 Å². The second kappa shape index (κ2) is 8.58. The van der Waals surface area contributed by atoms with Crippen LogP contribution in [0.15, 0.2) is 59.8 Å². The summed E-state index contributed by atoms with van der Waals surface area (Å²) in [6, 6.07) is 10.2. The van der Waals surface area contributed by atoms with Gasteiger partial charge in [-0.3, -0.25) is 14.0 Å². The van der Waals surface area contributed by atoms with E-state index >= 15 is 0 Å².